The molecule has 0 radical (unpaired) electrons. The van der Waals surface area contributed by atoms with Crippen LogP contribution in [0.1, 0.15) is 25.0 Å². The summed E-state index contributed by atoms with van der Waals surface area (Å²) in [6.07, 6.45) is 0. The fourth-order valence-corrected chi connectivity index (χ4v) is 2.66. The SMILES string of the molecule is CN(Cc1c(F)cccc1F)C(=O)C(C)(C)c1cccc(Cl)c1. The molecular formula is C18H18ClF2NO. The van der Waals surface area contributed by atoms with E-state index in [1.807, 2.05) is 0 Å². The molecule has 0 N–H and O–H groups in total. The van der Waals surface area contributed by atoms with Crippen LogP contribution in [-0.4, -0.2) is 17.9 Å². The fraction of sp³-hybridized carbons (Fsp3) is 0.278. The Kier molecular flexibility index (Phi) is 5.05. The Balaban J connectivity index is 2.25. The molecule has 0 atom stereocenters. The molecule has 0 spiro atoms. The molecule has 0 fully saturated rings. The Morgan fingerprint density at radius 2 is 1.70 bits per heavy atom. The summed E-state index contributed by atoms with van der Waals surface area (Å²) >= 11 is 5.98. The second-order valence-corrected chi connectivity index (χ2v) is 6.43. The van der Waals surface area contributed by atoms with Crippen LogP contribution in [0, 0.1) is 11.6 Å². The average Bonchev–Trinajstić information content (AvgIpc) is 2.50. The van der Waals surface area contributed by atoms with Crippen molar-refractivity contribution in [3.05, 3.63) is 70.2 Å². The molecule has 0 saturated carbocycles. The maximum atomic E-state index is 13.8. The average molecular weight is 338 g/mol. The van der Waals surface area contributed by atoms with Gasteiger partial charge in [0.15, 0.2) is 0 Å². The number of halogens is 3. The summed E-state index contributed by atoms with van der Waals surface area (Å²) in [7, 11) is 1.53. The van der Waals surface area contributed by atoms with Crippen LogP contribution in [-0.2, 0) is 16.8 Å². The number of benzene rings is 2. The van der Waals surface area contributed by atoms with Gasteiger partial charge in [-0.15, -0.1) is 0 Å². The number of carbonyl (C=O) groups excluding carboxylic acids is 1. The maximum Gasteiger partial charge on any atom is 0.232 e. The lowest BCUT2D eigenvalue weighted by Crippen LogP contribution is -2.41. The number of hydrogen-bond donors (Lipinski definition) is 0. The summed E-state index contributed by atoms with van der Waals surface area (Å²) < 4.78 is 27.5. The molecule has 2 rings (SSSR count). The zero-order chi connectivity index (χ0) is 17.2. The van der Waals surface area contributed by atoms with Crippen molar-refractivity contribution in [1.29, 1.82) is 0 Å². The van der Waals surface area contributed by atoms with Crippen LogP contribution in [0.2, 0.25) is 5.02 Å². The minimum Gasteiger partial charge on any atom is -0.340 e. The lowest BCUT2D eigenvalue weighted by atomic mass is 9.83. The lowest BCUT2D eigenvalue weighted by Gasteiger charge is -2.30. The van der Waals surface area contributed by atoms with Gasteiger partial charge in [-0.2, -0.15) is 0 Å². The van der Waals surface area contributed by atoms with E-state index in [1.54, 1.807) is 38.1 Å². The molecule has 1 amide bonds. The summed E-state index contributed by atoms with van der Waals surface area (Å²) in [5.74, 6) is -1.57. The van der Waals surface area contributed by atoms with E-state index in [0.717, 1.165) is 5.56 Å². The third kappa shape index (κ3) is 3.70. The van der Waals surface area contributed by atoms with Crippen molar-refractivity contribution in [3.63, 3.8) is 0 Å². The molecule has 23 heavy (non-hydrogen) atoms. The van der Waals surface area contributed by atoms with Crippen molar-refractivity contribution in [1.82, 2.24) is 4.90 Å². The molecule has 2 aromatic carbocycles. The number of hydrogen-bond acceptors (Lipinski definition) is 1. The Bertz CT molecular complexity index is 710. The number of carbonyl (C=O) groups is 1. The van der Waals surface area contributed by atoms with Crippen LogP contribution in [0.4, 0.5) is 8.78 Å². The third-order valence-electron chi connectivity index (χ3n) is 3.88. The first kappa shape index (κ1) is 17.4. The van der Waals surface area contributed by atoms with Gasteiger partial charge in [-0.25, -0.2) is 8.78 Å². The Labute approximate surface area is 139 Å². The smallest absolute Gasteiger partial charge is 0.232 e. The second kappa shape index (κ2) is 6.67. The summed E-state index contributed by atoms with van der Waals surface area (Å²) in [5.41, 5.74) is -0.234. The summed E-state index contributed by atoms with van der Waals surface area (Å²) in [4.78, 5) is 14.1. The van der Waals surface area contributed by atoms with Crippen LogP contribution in [0.25, 0.3) is 0 Å². The van der Waals surface area contributed by atoms with Crippen molar-refractivity contribution in [3.8, 4) is 0 Å². The molecule has 0 heterocycles. The van der Waals surface area contributed by atoms with Gasteiger partial charge >= 0.3 is 0 Å². The quantitative estimate of drug-likeness (QED) is 0.801. The van der Waals surface area contributed by atoms with Crippen LogP contribution >= 0.6 is 11.6 Å². The third-order valence-corrected chi connectivity index (χ3v) is 4.12. The van der Waals surface area contributed by atoms with Crippen LogP contribution < -0.4 is 0 Å². The van der Waals surface area contributed by atoms with Gasteiger partial charge in [0.25, 0.3) is 0 Å². The largest absolute Gasteiger partial charge is 0.340 e. The normalized spacial score (nSPS) is 11.4. The zero-order valence-electron chi connectivity index (χ0n) is 13.2. The minimum atomic E-state index is -0.860. The van der Waals surface area contributed by atoms with Crippen LogP contribution in [0.3, 0.4) is 0 Å². The van der Waals surface area contributed by atoms with Gasteiger partial charge in [0.1, 0.15) is 11.6 Å². The molecule has 122 valence electrons. The monoisotopic (exact) mass is 337 g/mol. The van der Waals surface area contributed by atoms with Gasteiger partial charge < -0.3 is 4.90 Å². The molecule has 0 unspecified atom stereocenters. The highest BCUT2D eigenvalue weighted by molar-refractivity contribution is 6.30. The van der Waals surface area contributed by atoms with E-state index in [-0.39, 0.29) is 18.0 Å². The van der Waals surface area contributed by atoms with E-state index < -0.39 is 17.0 Å². The van der Waals surface area contributed by atoms with Gasteiger partial charge in [-0.1, -0.05) is 29.8 Å². The minimum absolute atomic E-state index is 0.120. The van der Waals surface area contributed by atoms with Gasteiger partial charge in [0.2, 0.25) is 5.91 Å². The van der Waals surface area contributed by atoms with Crippen LogP contribution in [0.15, 0.2) is 42.5 Å². The van der Waals surface area contributed by atoms with E-state index in [0.29, 0.717) is 5.02 Å². The van der Waals surface area contributed by atoms with Crippen molar-refractivity contribution in [2.75, 3.05) is 7.05 Å². The van der Waals surface area contributed by atoms with E-state index in [4.69, 9.17) is 11.6 Å². The van der Waals surface area contributed by atoms with Gasteiger partial charge in [0.05, 0.1) is 12.0 Å². The molecule has 0 saturated heterocycles. The first-order valence-corrected chi connectivity index (χ1v) is 7.56. The molecule has 0 aliphatic carbocycles. The van der Waals surface area contributed by atoms with Crippen molar-refractivity contribution < 1.29 is 13.6 Å². The second-order valence-electron chi connectivity index (χ2n) is 6.00. The molecule has 5 heteroatoms. The van der Waals surface area contributed by atoms with Crippen molar-refractivity contribution in [2.45, 2.75) is 25.8 Å². The fourth-order valence-electron chi connectivity index (χ4n) is 2.47. The van der Waals surface area contributed by atoms with Gasteiger partial charge in [0, 0.05) is 17.6 Å². The predicted octanol–water partition coefficient (Wildman–Crippen LogP) is 4.55. The topological polar surface area (TPSA) is 20.3 Å². The molecule has 0 aliphatic rings. The first-order chi connectivity index (χ1) is 10.7. The molecule has 2 nitrogen and oxygen atoms in total. The zero-order valence-corrected chi connectivity index (χ0v) is 14.0. The van der Waals surface area contributed by atoms with Gasteiger partial charge in [-0.3, -0.25) is 4.79 Å². The Hall–Kier alpha value is -1.94. The molecule has 0 bridgehead atoms. The standard InChI is InChI=1S/C18H18ClF2NO/c1-18(2,12-6-4-7-13(19)10-12)17(23)22(3)11-14-15(20)8-5-9-16(14)21/h4-10H,11H2,1-3H3. The predicted molar refractivity (Wildman–Crippen MR) is 87.3 cm³/mol. The first-order valence-electron chi connectivity index (χ1n) is 7.18. The van der Waals surface area contributed by atoms with Crippen molar-refractivity contribution in [2.24, 2.45) is 0 Å². The van der Waals surface area contributed by atoms with E-state index in [1.165, 1.54) is 30.1 Å². The highest BCUT2D eigenvalue weighted by Gasteiger charge is 2.33. The highest BCUT2D eigenvalue weighted by Crippen LogP contribution is 2.28. The summed E-state index contributed by atoms with van der Waals surface area (Å²) in [6.45, 7) is 3.38. The maximum absolute atomic E-state index is 13.8. The molecule has 0 aromatic heterocycles. The van der Waals surface area contributed by atoms with Gasteiger partial charge in [-0.05, 0) is 43.7 Å². The van der Waals surface area contributed by atoms with Crippen LogP contribution in [0.5, 0.6) is 0 Å². The Morgan fingerprint density at radius 1 is 1.13 bits per heavy atom. The highest BCUT2D eigenvalue weighted by atomic mass is 35.5. The van der Waals surface area contributed by atoms with E-state index in [9.17, 15) is 13.6 Å². The number of likely N-dealkylation sites (N-methyl/N-ethyl adjacent to an activating group) is 1. The molecule has 2 aromatic rings. The number of amides is 1. The van der Waals surface area contributed by atoms with E-state index >= 15 is 0 Å². The Morgan fingerprint density at radius 3 is 2.26 bits per heavy atom. The molecular weight excluding hydrogens is 320 g/mol. The lowest BCUT2D eigenvalue weighted by molar-refractivity contribution is -0.135. The van der Waals surface area contributed by atoms with E-state index in [2.05, 4.69) is 0 Å². The van der Waals surface area contributed by atoms with Crippen molar-refractivity contribution >= 4 is 17.5 Å². The summed E-state index contributed by atoms with van der Waals surface area (Å²) in [6, 6.07) is 10.7. The summed E-state index contributed by atoms with van der Waals surface area (Å²) in [5, 5.41) is 0.533. The number of rotatable bonds is 4. The molecule has 0 aliphatic heterocycles. The number of nitrogens with zero attached hydrogens (tertiary/aromatic N) is 1.